The molecule has 8 heteroatoms. The van der Waals surface area contributed by atoms with Crippen LogP contribution in [0.25, 0.3) is 0 Å². The Morgan fingerprint density at radius 1 is 1.24 bits per heavy atom. The van der Waals surface area contributed by atoms with Crippen molar-refractivity contribution in [1.29, 1.82) is 0 Å². The van der Waals surface area contributed by atoms with E-state index in [1.165, 1.54) is 11.8 Å². The van der Waals surface area contributed by atoms with E-state index < -0.39 is 9.84 Å². The summed E-state index contributed by atoms with van der Waals surface area (Å²) in [6.07, 6.45) is 3.25. The van der Waals surface area contributed by atoms with Crippen molar-refractivity contribution in [3.8, 4) is 0 Å². The van der Waals surface area contributed by atoms with Gasteiger partial charge in [0.25, 0.3) is 5.91 Å². The van der Waals surface area contributed by atoms with Gasteiger partial charge in [-0.3, -0.25) is 9.79 Å². The number of amides is 1. The maximum absolute atomic E-state index is 12.0. The molecule has 6 nitrogen and oxygen atoms in total. The molecule has 2 aliphatic heterocycles. The van der Waals surface area contributed by atoms with E-state index in [1.807, 2.05) is 12.1 Å². The molecule has 1 aromatic carbocycles. The Kier molecular flexibility index (Phi) is 5.68. The van der Waals surface area contributed by atoms with Crippen LogP contribution in [-0.4, -0.2) is 48.8 Å². The molecule has 2 aliphatic rings. The number of thioether (sulfide) groups is 1. The average molecular weight is 382 g/mol. The Morgan fingerprint density at radius 2 is 2.00 bits per heavy atom. The van der Waals surface area contributed by atoms with Crippen LogP contribution in [0.4, 0.5) is 5.69 Å². The molecular weight excluding hydrogens is 358 g/mol. The van der Waals surface area contributed by atoms with Crippen LogP contribution in [0.2, 0.25) is 0 Å². The number of hydrogen-bond donors (Lipinski definition) is 2. The van der Waals surface area contributed by atoms with Crippen molar-refractivity contribution in [3.63, 3.8) is 0 Å². The third-order valence-corrected chi connectivity index (χ3v) is 7.42. The van der Waals surface area contributed by atoms with Gasteiger partial charge in [-0.25, -0.2) is 8.42 Å². The lowest BCUT2D eigenvalue weighted by Gasteiger charge is -2.08. The Labute approximate surface area is 152 Å². The quantitative estimate of drug-likeness (QED) is 0.738. The summed E-state index contributed by atoms with van der Waals surface area (Å²) in [5, 5.41) is 6.91. The summed E-state index contributed by atoms with van der Waals surface area (Å²) in [5.41, 5.74) is 1.47. The van der Waals surface area contributed by atoms with Gasteiger partial charge >= 0.3 is 0 Å². The van der Waals surface area contributed by atoms with E-state index in [0.29, 0.717) is 12.1 Å². The molecule has 2 atom stereocenters. The van der Waals surface area contributed by atoms with Gasteiger partial charge in [0.05, 0.1) is 17.5 Å². The van der Waals surface area contributed by atoms with E-state index >= 15 is 0 Å². The number of carbonyl (C=O) groups is 1. The molecule has 2 heterocycles. The molecule has 3 rings (SSSR count). The number of rotatable bonds is 6. The van der Waals surface area contributed by atoms with Crippen LogP contribution in [0.15, 0.2) is 29.3 Å². The maximum Gasteiger partial charge on any atom is 0.251 e. The van der Waals surface area contributed by atoms with Crippen LogP contribution >= 0.6 is 11.8 Å². The number of fused-ring (bicyclic) bond motifs is 1. The summed E-state index contributed by atoms with van der Waals surface area (Å²) in [6.45, 7) is 2.83. The van der Waals surface area contributed by atoms with E-state index in [4.69, 9.17) is 0 Å². The molecule has 2 N–H and O–H groups in total. The zero-order chi connectivity index (χ0) is 17.9. The SMILES string of the molecule is CCCCCNC(=O)c1ccc(NC2=N[C@@H]3CS(=O)(=O)C[C@H]3S2)cc1. The monoisotopic (exact) mass is 381 g/mol. The number of benzene rings is 1. The minimum Gasteiger partial charge on any atom is -0.352 e. The molecule has 0 aromatic heterocycles. The molecular formula is C17H23N3O3S2. The summed E-state index contributed by atoms with van der Waals surface area (Å²) >= 11 is 1.49. The molecule has 0 aliphatic carbocycles. The lowest BCUT2D eigenvalue weighted by atomic mass is 10.2. The van der Waals surface area contributed by atoms with Crippen LogP contribution in [0, 0.1) is 0 Å². The largest absolute Gasteiger partial charge is 0.352 e. The number of sulfone groups is 1. The molecule has 0 saturated carbocycles. The van der Waals surface area contributed by atoms with Gasteiger partial charge in [0, 0.05) is 23.0 Å². The van der Waals surface area contributed by atoms with Crippen LogP contribution < -0.4 is 10.6 Å². The van der Waals surface area contributed by atoms with Crippen molar-refractivity contribution in [1.82, 2.24) is 5.32 Å². The zero-order valence-corrected chi connectivity index (χ0v) is 15.8. The van der Waals surface area contributed by atoms with Gasteiger partial charge in [0.1, 0.15) is 0 Å². The van der Waals surface area contributed by atoms with Gasteiger partial charge in [0.2, 0.25) is 0 Å². The molecule has 0 spiro atoms. The van der Waals surface area contributed by atoms with E-state index in [0.717, 1.165) is 30.1 Å². The predicted octanol–water partition coefficient (Wildman–Crippen LogP) is 2.29. The first-order chi connectivity index (χ1) is 12.0. The number of nitrogens with one attached hydrogen (secondary N) is 2. The highest BCUT2D eigenvalue weighted by Crippen LogP contribution is 2.34. The molecule has 0 bridgehead atoms. The highest BCUT2D eigenvalue weighted by Gasteiger charge is 2.42. The highest BCUT2D eigenvalue weighted by molar-refractivity contribution is 8.15. The minimum absolute atomic E-state index is 0.0284. The summed E-state index contributed by atoms with van der Waals surface area (Å²) in [4.78, 5) is 16.5. The predicted molar refractivity (Wildman–Crippen MR) is 103 cm³/mol. The van der Waals surface area contributed by atoms with Crippen molar-refractivity contribution in [2.75, 3.05) is 23.4 Å². The minimum atomic E-state index is -2.93. The average Bonchev–Trinajstić information content (AvgIpc) is 3.04. The third kappa shape index (κ3) is 4.76. The van der Waals surface area contributed by atoms with Crippen LogP contribution in [0.5, 0.6) is 0 Å². The first kappa shape index (κ1) is 18.3. The topological polar surface area (TPSA) is 87.6 Å². The van der Waals surface area contributed by atoms with Crippen LogP contribution in [0.3, 0.4) is 0 Å². The van der Waals surface area contributed by atoms with E-state index in [1.54, 1.807) is 12.1 Å². The van der Waals surface area contributed by atoms with E-state index in [-0.39, 0.29) is 28.7 Å². The number of carbonyl (C=O) groups excluding carboxylic acids is 1. The number of aliphatic imine (C=N–C) groups is 1. The standard InChI is InChI=1S/C17H23N3O3S2/c1-2-3-4-9-18-16(21)12-5-7-13(8-6-12)19-17-20-14-10-25(22,23)11-15(14)24-17/h5-8,14-15H,2-4,9-11H2,1H3,(H,18,21)(H,19,20)/t14-,15-/m1/s1. The molecule has 0 unspecified atom stereocenters. The summed E-state index contributed by atoms with van der Waals surface area (Å²) in [6, 6.07) is 7.11. The van der Waals surface area contributed by atoms with Crippen molar-refractivity contribution >= 4 is 38.4 Å². The lowest BCUT2D eigenvalue weighted by molar-refractivity contribution is 0.0953. The summed E-state index contributed by atoms with van der Waals surface area (Å²) in [7, 11) is -2.93. The molecule has 0 radical (unpaired) electrons. The second kappa shape index (κ2) is 7.78. The number of nitrogens with zero attached hydrogens (tertiary/aromatic N) is 1. The van der Waals surface area contributed by atoms with E-state index in [9.17, 15) is 13.2 Å². The smallest absolute Gasteiger partial charge is 0.251 e. The number of unbranched alkanes of at least 4 members (excludes halogenated alkanes) is 2. The zero-order valence-electron chi connectivity index (χ0n) is 14.2. The molecule has 1 aromatic rings. The van der Waals surface area contributed by atoms with Crippen molar-refractivity contribution in [2.45, 2.75) is 37.5 Å². The maximum atomic E-state index is 12.0. The second-order valence-corrected chi connectivity index (χ2v) is 9.78. The summed E-state index contributed by atoms with van der Waals surface area (Å²) in [5.74, 6) is 0.288. The first-order valence-corrected chi connectivity index (χ1v) is 11.3. The lowest BCUT2D eigenvalue weighted by Crippen LogP contribution is -2.24. The van der Waals surface area contributed by atoms with Crippen molar-refractivity contribution in [2.24, 2.45) is 4.99 Å². The van der Waals surface area contributed by atoms with E-state index in [2.05, 4.69) is 22.5 Å². The molecule has 1 fully saturated rings. The van der Waals surface area contributed by atoms with Gasteiger partial charge in [-0.1, -0.05) is 31.5 Å². The normalized spacial score (nSPS) is 23.8. The van der Waals surface area contributed by atoms with Gasteiger partial charge in [-0.15, -0.1) is 0 Å². The molecule has 1 saturated heterocycles. The second-order valence-electron chi connectivity index (χ2n) is 6.40. The van der Waals surface area contributed by atoms with Gasteiger partial charge < -0.3 is 10.6 Å². The van der Waals surface area contributed by atoms with Crippen molar-refractivity contribution < 1.29 is 13.2 Å². The molecule has 1 amide bonds. The Bertz CT molecular complexity index is 760. The Balaban J connectivity index is 1.52. The van der Waals surface area contributed by atoms with Crippen LogP contribution in [-0.2, 0) is 9.84 Å². The number of amidine groups is 1. The fraction of sp³-hybridized carbons (Fsp3) is 0.529. The van der Waals surface area contributed by atoms with Crippen LogP contribution in [0.1, 0.15) is 36.5 Å². The van der Waals surface area contributed by atoms with Crippen molar-refractivity contribution in [3.05, 3.63) is 29.8 Å². The highest BCUT2D eigenvalue weighted by atomic mass is 32.2. The number of hydrogen-bond acceptors (Lipinski definition) is 6. The Morgan fingerprint density at radius 3 is 2.68 bits per heavy atom. The third-order valence-electron chi connectivity index (χ3n) is 4.28. The van der Waals surface area contributed by atoms with Gasteiger partial charge in [-0.05, 0) is 30.7 Å². The Hall–Kier alpha value is -1.54. The van der Waals surface area contributed by atoms with Gasteiger partial charge in [-0.2, -0.15) is 0 Å². The van der Waals surface area contributed by atoms with Gasteiger partial charge in [0.15, 0.2) is 15.0 Å². The number of anilines is 1. The summed E-state index contributed by atoms with van der Waals surface area (Å²) < 4.78 is 23.2. The fourth-order valence-electron chi connectivity index (χ4n) is 2.92. The first-order valence-electron chi connectivity index (χ1n) is 8.57. The molecule has 25 heavy (non-hydrogen) atoms. The molecule has 136 valence electrons. The fourth-order valence-corrected chi connectivity index (χ4v) is 6.60.